The van der Waals surface area contributed by atoms with Crippen LogP contribution >= 0.6 is 11.3 Å². The number of amides is 2. The monoisotopic (exact) mass is 580 g/mol. The zero-order chi connectivity index (χ0) is 29.3. The molecule has 2 amide bonds. The molecule has 2 aliphatic rings. The Morgan fingerprint density at radius 1 is 1.20 bits per heavy atom. The lowest BCUT2D eigenvalue weighted by atomic mass is 9.91. The van der Waals surface area contributed by atoms with Crippen molar-refractivity contribution in [3.05, 3.63) is 52.9 Å². The molecule has 2 fully saturated rings. The third-order valence-corrected chi connectivity index (χ3v) is 9.07. The Hall–Kier alpha value is -3.28. The lowest BCUT2D eigenvalue weighted by Crippen LogP contribution is -2.49. The summed E-state index contributed by atoms with van der Waals surface area (Å²) in [5, 5.41) is 21.3. The zero-order valence-corrected chi connectivity index (χ0v) is 25.1. The number of thiazole rings is 1. The van der Waals surface area contributed by atoms with E-state index in [1.54, 1.807) is 11.3 Å². The third kappa shape index (κ3) is 6.32. The summed E-state index contributed by atoms with van der Waals surface area (Å²) in [7, 11) is 0. The number of nitrogens with zero attached hydrogens (tertiary/aromatic N) is 4. The molecule has 1 aromatic carbocycles. The van der Waals surface area contributed by atoms with Crippen molar-refractivity contribution in [1.29, 1.82) is 0 Å². The lowest BCUT2D eigenvalue weighted by Gasteiger charge is -2.31. The van der Waals surface area contributed by atoms with Gasteiger partial charge in [0.05, 0.1) is 28.2 Å². The second-order valence-corrected chi connectivity index (χ2v) is 12.5. The van der Waals surface area contributed by atoms with E-state index in [4.69, 9.17) is 4.52 Å². The predicted octanol–water partition coefficient (Wildman–Crippen LogP) is 3.48. The maximum atomic E-state index is 13.9. The van der Waals surface area contributed by atoms with E-state index in [-0.39, 0.29) is 36.7 Å². The first-order chi connectivity index (χ1) is 19.6. The predicted molar refractivity (Wildman–Crippen MR) is 159 cm³/mol. The average Bonchev–Trinajstić information content (AvgIpc) is 3.69. The van der Waals surface area contributed by atoms with Crippen molar-refractivity contribution in [2.24, 2.45) is 5.92 Å². The van der Waals surface area contributed by atoms with Crippen LogP contribution in [0.4, 0.5) is 5.82 Å². The molecule has 0 aliphatic carbocycles. The van der Waals surface area contributed by atoms with Crippen LogP contribution in [0.15, 0.2) is 40.4 Å². The topological polar surface area (TPSA) is 124 Å². The molecule has 2 unspecified atom stereocenters. The number of aryl methyl sites for hydroxylation is 1. The van der Waals surface area contributed by atoms with Crippen LogP contribution < -0.4 is 15.5 Å². The Balaban J connectivity index is 1.28. The van der Waals surface area contributed by atoms with Gasteiger partial charge in [0.2, 0.25) is 11.8 Å². The van der Waals surface area contributed by atoms with E-state index in [1.165, 1.54) is 4.90 Å². The van der Waals surface area contributed by atoms with Gasteiger partial charge >= 0.3 is 0 Å². The zero-order valence-electron chi connectivity index (χ0n) is 24.3. The van der Waals surface area contributed by atoms with Gasteiger partial charge in [-0.25, -0.2) is 4.98 Å². The minimum absolute atomic E-state index is 0.0914. The molecule has 2 saturated heterocycles. The van der Waals surface area contributed by atoms with Gasteiger partial charge in [-0.3, -0.25) is 9.59 Å². The van der Waals surface area contributed by atoms with Crippen molar-refractivity contribution < 1.29 is 19.2 Å². The molecule has 0 radical (unpaired) electrons. The Morgan fingerprint density at radius 3 is 2.61 bits per heavy atom. The van der Waals surface area contributed by atoms with Crippen molar-refractivity contribution >= 4 is 29.0 Å². The van der Waals surface area contributed by atoms with E-state index in [0.717, 1.165) is 41.3 Å². The Bertz CT molecular complexity index is 1350. The number of aromatic nitrogens is 2. The molecule has 5 atom stereocenters. The van der Waals surface area contributed by atoms with Crippen molar-refractivity contribution in [2.45, 2.75) is 71.2 Å². The SMILES string of the molecule is Cc1ncsc1-c1ccc(C(C)NC(=O)[C@@H]2C[C@@H](O)CN2C(=O)C(c2cc(N3CCN[C@@H](C)C3)no2)C(C)C)cc1. The molecule has 2 aliphatic heterocycles. The maximum Gasteiger partial charge on any atom is 0.243 e. The van der Waals surface area contributed by atoms with Gasteiger partial charge in [0.25, 0.3) is 0 Å². The normalized spacial score (nSPS) is 22.7. The van der Waals surface area contributed by atoms with Gasteiger partial charge in [-0.05, 0) is 37.8 Å². The molecule has 41 heavy (non-hydrogen) atoms. The lowest BCUT2D eigenvalue weighted by molar-refractivity contribution is -0.141. The van der Waals surface area contributed by atoms with Gasteiger partial charge in [-0.2, -0.15) is 0 Å². The number of rotatable bonds is 8. The highest BCUT2D eigenvalue weighted by molar-refractivity contribution is 7.13. The van der Waals surface area contributed by atoms with Crippen LogP contribution in [0.5, 0.6) is 0 Å². The first-order valence-corrected chi connectivity index (χ1v) is 15.2. The number of β-amino-alcohol motifs (C(OH)–C–C–N with tert-alkyl or cyclic N) is 1. The van der Waals surface area contributed by atoms with Crippen molar-refractivity contribution in [2.75, 3.05) is 31.1 Å². The van der Waals surface area contributed by atoms with Crippen molar-refractivity contribution in [1.82, 2.24) is 25.7 Å². The largest absolute Gasteiger partial charge is 0.391 e. The highest BCUT2D eigenvalue weighted by Gasteiger charge is 2.43. The first-order valence-electron chi connectivity index (χ1n) is 14.4. The summed E-state index contributed by atoms with van der Waals surface area (Å²) in [5.41, 5.74) is 4.87. The Labute approximate surface area is 245 Å². The number of aliphatic hydroxyl groups excluding tert-OH is 1. The highest BCUT2D eigenvalue weighted by atomic mass is 32.1. The van der Waals surface area contributed by atoms with Crippen LogP contribution in [0.3, 0.4) is 0 Å². The molecule has 2 aromatic heterocycles. The van der Waals surface area contributed by atoms with E-state index in [9.17, 15) is 14.7 Å². The van der Waals surface area contributed by atoms with Crippen LogP contribution in [-0.2, 0) is 9.59 Å². The second-order valence-electron chi connectivity index (χ2n) is 11.6. The standard InChI is InChI=1S/C30H40N6O4S/c1-17(2)27(25-13-26(34-40-25)35-11-10-31-18(3)14-35)30(39)36-15-23(37)12-24(36)29(38)33-19(4)21-6-8-22(9-7-21)28-20(5)32-16-41-28/h6-9,13,16-19,23-24,27,31,37H,10-12,14-15H2,1-5H3,(H,33,38)/t18-,19?,23+,24-,27?/m0/s1. The van der Waals surface area contributed by atoms with Crippen molar-refractivity contribution in [3.8, 4) is 10.4 Å². The van der Waals surface area contributed by atoms with Gasteiger partial charge in [-0.15, -0.1) is 11.3 Å². The number of nitrogens with one attached hydrogen (secondary N) is 2. The van der Waals surface area contributed by atoms with Gasteiger partial charge in [-0.1, -0.05) is 43.3 Å². The fourth-order valence-corrected chi connectivity index (χ4v) is 6.64. The molecule has 3 aromatic rings. The number of piperazine rings is 1. The number of likely N-dealkylation sites (tertiary alicyclic amines) is 1. The summed E-state index contributed by atoms with van der Waals surface area (Å²) in [6.45, 7) is 12.5. The number of aliphatic hydroxyl groups is 1. The molecule has 5 rings (SSSR count). The van der Waals surface area contributed by atoms with E-state index >= 15 is 0 Å². The van der Waals surface area contributed by atoms with Crippen LogP contribution in [-0.4, -0.2) is 76.3 Å². The summed E-state index contributed by atoms with van der Waals surface area (Å²) in [5.74, 6) is -0.0155. The van der Waals surface area contributed by atoms with E-state index in [1.807, 2.05) is 63.5 Å². The van der Waals surface area contributed by atoms with Gasteiger partial charge in [0, 0.05) is 44.7 Å². The Morgan fingerprint density at radius 2 is 1.95 bits per heavy atom. The van der Waals surface area contributed by atoms with Gasteiger partial charge < -0.3 is 30.1 Å². The number of anilines is 1. The van der Waals surface area contributed by atoms with E-state index in [0.29, 0.717) is 17.6 Å². The summed E-state index contributed by atoms with van der Waals surface area (Å²) >= 11 is 1.60. The van der Waals surface area contributed by atoms with E-state index in [2.05, 4.69) is 32.6 Å². The fraction of sp³-hybridized carbons (Fsp3) is 0.533. The third-order valence-electron chi connectivity index (χ3n) is 8.09. The minimum Gasteiger partial charge on any atom is -0.391 e. The minimum atomic E-state index is -0.771. The quantitative estimate of drug-likeness (QED) is 0.370. The summed E-state index contributed by atoms with van der Waals surface area (Å²) in [6, 6.07) is 9.22. The molecular weight excluding hydrogens is 540 g/mol. The van der Waals surface area contributed by atoms with Crippen LogP contribution in [0.2, 0.25) is 0 Å². The van der Waals surface area contributed by atoms with Crippen LogP contribution in [0, 0.1) is 12.8 Å². The number of carbonyl (C=O) groups excluding carboxylic acids is 2. The number of hydrogen-bond donors (Lipinski definition) is 3. The molecular formula is C30H40N6O4S. The van der Waals surface area contributed by atoms with E-state index < -0.39 is 18.1 Å². The molecule has 3 N–H and O–H groups in total. The fourth-order valence-electron chi connectivity index (χ4n) is 5.83. The molecule has 0 bridgehead atoms. The maximum absolute atomic E-state index is 13.9. The Kier molecular flexibility index (Phi) is 8.77. The molecule has 11 heteroatoms. The molecule has 0 spiro atoms. The smallest absolute Gasteiger partial charge is 0.243 e. The molecule has 0 saturated carbocycles. The highest BCUT2D eigenvalue weighted by Crippen LogP contribution is 2.33. The summed E-state index contributed by atoms with van der Waals surface area (Å²) in [6.07, 6.45) is -0.577. The molecule has 4 heterocycles. The van der Waals surface area contributed by atoms with Gasteiger partial charge in [0.1, 0.15) is 12.0 Å². The summed E-state index contributed by atoms with van der Waals surface area (Å²) in [4.78, 5) is 36.5. The second kappa shape index (κ2) is 12.3. The number of benzene rings is 1. The summed E-state index contributed by atoms with van der Waals surface area (Å²) < 4.78 is 5.72. The van der Waals surface area contributed by atoms with Gasteiger partial charge in [0.15, 0.2) is 11.6 Å². The first kappa shape index (κ1) is 29.2. The molecule has 220 valence electrons. The average molecular weight is 581 g/mol. The van der Waals surface area contributed by atoms with Crippen molar-refractivity contribution in [3.63, 3.8) is 0 Å². The number of carbonyl (C=O) groups is 2. The van der Waals surface area contributed by atoms with Crippen LogP contribution in [0.25, 0.3) is 10.4 Å². The van der Waals surface area contributed by atoms with Crippen LogP contribution in [0.1, 0.15) is 63.1 Å². The molecule has 10 nitrogen and oxygen atoms in total. The number of hydrogen-bond acceptors (Lipinski definition) is 9.